The number of rotatable bonds is 6. The summed E-state index contributed by atoms with van der Waals surface area (Å²) in [5.74, 6) is 0.817. The van der Waals surface area contributed by atoms with Crippen LogP contribution in [0.5, 0.6) is 0 Å². The molecule has 6 nitrogen and oxygen atoms in total. The highest BCUT2D eigenvalue weighted by molar-refractivity contribution is 5.82. The number of amides is 1. The Hall–Kier alpha value is -1.66. The predicted molar refractivity (Wildman–Crippen MR) is 77.5 cm³/mol. The van der Waals surface area contributed by atoms with Gasteiger partial charge in [0.1, 0.15) is 5.82 Å². The first kappa shape index (κ1) is 14.7. The van der Waals surface area contributed by atoms with Gasteiger partial charge in [0.2, 0.25) is 5.91 Å². The van der Waals surface area contributed by atoms with Gasteiger partial charge < -0.3 is 21.1 Å². The largest absolute Gasteiger partial charge is 0.392 e. The molecule has 1 aliphatic heterocycles. The van der Waals surface area contributed by atoms with Crippen LogP contribution in [0, 0.1) is 6.92 Å². The van der Waals surface area contributed by atoms with Crippen molar-refractivity contribution < 1.29 is 9.90 Å². The number of carbonyl (C=O) groups is 1. The highest BCUT2D eigenvalue weighted by atomic mass is 16.3. The highest BCUT2D eigenvalue weighted by Gasteiger charge is 2.27. The molecule has 1 aromatic rings. The first-order valence-corrected chi connectivity index (χ1v) is 7.01. The molecule has 1 aliphatic rings. The SMILES string of the molecule is Cc1ccc(NCCCNC(=O)C2CC(O)CN2)nc1. The summed E-state index contributed by atoms with van der Waals surface area (Å²) in [6.45, 7) is 3.88. The topological polar surface area (TPSA) is 86.3 Å². The number of nitrogens with zero attached hydrogens (tertiary/aromatic N) is 1. The summed E-state index contributed by atoms with van der Waals surface area (Å²) in [7, 11) is 0. The summed E-state index contributed by atoms with van der Waals surface area (Å²) in [5, 5.41) is 18.4. The molecular formula is C14H22N4O2. The van der Waals surface area contributed by atoms with Crippen LogP contribution < -0.4 is 16.0 Å². The van der Waals surface area contributed by atoms with Gasteiger partial charge in [0.25, 0.3) is 0 Å². The molecule has 0 spiro atoms. The maximum Gasteiger partial charge on any atom is 0.237 e. The fourth-order valence-electron chi connectivity index (χ4n) is 2.13. The lowest BCUT2D eigenvalue weighted by Gasteiger charge is -2.11. The van der Waals surface area contributed by atoms with Crippen molar-refractivity contribution in [3.8, 4) is 0 Å². The third-order valence-electron chi connectivity index (χ3n) is 3.29. The average Bonchev–Trinajstić information content (AvgIpc) is 2.87. The molecule has 0 aromatic carbocycles. The number of hydrogen-bond donors (Lipinski definition) is 4. The summed E-state index contributed by atoms with van der Waals surface area (Å²) >= 11 is 0. The lowest BCUT2D eigenvalue weighted by Crippen LogP contribution is -2.41. The minimum Gasteiger partial charge on any atom is -0.392 e. The van der Waals surface area contributed by atoms with Gasteiger partial charge in [0.05, 0.1) is 12.1 Å². The first-order chi connectivity index (χ1) is 9.65. The van der Waals surface area contributed by atoms with Crippen LogP contribution in [0.1, 0.15) is 18.4 Å². The average molecular weight is 278 g/mol. The predicted octanol–water partition coefficient (Wildman–Crippen LogP) is 0.0310. The Labute approximate surface area is 119 Å². The Bertz CT molecular complexity index is 435. The molecule has 2 heterocycles. The maximum absolute atomic E-state index is 11.7. The number of pyridine rings is 1. The van der Waals surface area contributed by atoms with Gasteiger partial charge in [-0.25, -0.2) is 4.98 Å². The Kier molecular flexibility index (Phi) is 5.31. The molecule has 110 valence electrons. The monoisotopic (exact) mass is 278 g/mol. The van der Waals surface area contributed by atoms with Gasteiger partial charge in [-0.05, 0) is 31.4 Å². The van der Waals surface area contributed by atoms with Crippen LogP contribution in [0.25, 0.3) is 0 Å². The Morgan fingerprint density at radius 2 is 2.35 bits per heavy atom. The van der Waals surface area contributed by atoms with Crippen molar-refractivity contribution in [2.45, 2.75) is 31.9 Å². The fourth-order valence-corrected chi connectivity index (χ4v) is 2.13. The number of nitrogens with one attached hydrogen (secondary N) is 3. The molecule has 2 rings (SSSR count). The molecule has 20 heavy (non-hydrogen) atoms. The number of aliphatic hydroxyl groups excluding tert-OH is 1. The summed E-state index contributed by atoms with van der Waals surface area (Å²) in [6, 6.07) is 3.70. The van der Waals surface area contributed by atoms with Crippen LogP contribution in [-0.4, -0.2) is 47.8 Å². The zero-order valence-corrected chi connectivity index (χ0v) is 11.7. The second kappa shape index (κ2) is 7.21. The number of carbonyl (C=O) groups excluding carboxylic acids is 1. The van der Waals surface area contributed by atoms with Crippen molar-refractivity contribution in [2.24, 2.45) is 0 Å². The standard InChI is InChI=1S/C14H22N4O2/c1-10-3-4-13(18-8-10)15-5-2-6-16-14(20)12-7-11(19)9-17-12/h3-4,8,11-12,17,19H,2,5-7,9H2,1H3,(H,15,18)(H,16,20). The number of aromatic nitrogens is 1. The summed E-state index contributed by atoms with van der Waals surface area (Å²) < 4.78 is 0. The number of anilines is 1. The molecule has 4 N–H and O–H groups in total. The van der Waals surface area contributed by atoms with Crippen LogP contribution in [0.2, 0.25) is 0 Å². The van der Waals surface area contributed by atoms with E-state index in [9.17, 15) is 9.90 Å². The van der Waals surface area contributed by atoms with E-state index in [1.165, 1.54) is 0 Å². The number of aryl methyl sites for hydroxylation is 1. The van der Waals surface area contributed by atoms with Crippen LogP contribution in [0.4, 0.5) is 5.82 Å². The smallest absolute Gasteiger partial charge is 0.237 e. The Balaban J connectivity index is 1.57. The first-order valence-electron chi connectivity index (χ1n) is 7.01. The van der Waals surface area contributed by atoms with Gasteiger partial charge in [0.15, 0.2) is 0 Å². The fraction of sp³-hybridized carbons (Fsp3) is 0.571. The molecule has 1 amide bonds. The van der Waals surface area contributed by atoms with E-state index in [4.69, 9.17) is 0 Å². The normalized spacial score (nSPS) is 21.7. The highest BCUT2D eigenvalue weighted by Crippen LogP contribution is 2.06. The number of hydrogen-bond acceptors (Lipinski definition) is 5. The van der Waals surface area contributed by atoms with Gasteiger partial charge in [-0.2, -0.15) is 0 Å². The number of aliphatic hydroxyl groups is 1. The van der Waals surface area contributed by atoms with Gasteiger partial charge in [-0.3, -0.25) is 4.79 Å². The van der Waals surface area contributed by atoms with Gasteiger partial charge in [-0.1, -0.05) is 6.07 Å². The molecule has 2 atom stereocenters. The molecule has 1 saturated heterocycles. The van der Waals surface area contributed by atoms with Crippen LogP contribution in [0.3, 0.4) is 0 Å². The van der Waals surface area contributed by atoms with Crippen LogP contribution in [-0.2, 0) is 4.79 Å². The minimum atomic E-state index is -0.403. The van der Waals surface area contributed by atoms with E-state index in [1.54, 1.807) is 0 Å². The van der Waals surface area contributed by atoms with E-state index in [1.807, 2.05) is 25.3 Å². The van der Waals surface area contributed by atoms with E-state index in [2.05, 4.69) is 20.9 Å². The molecular weight excluding hydrogens is 256 g/mol. The van der Waals surface area contributed by atoms with Gasteiger partial charge >= 0.3 is 0 Å². The maximum atomic E-state index is 11.7. The van der Waals surface area contributed by atoms with Crippen molar-refractivity contribution in [3.05, 3.63) is 23.9 Å². The van der Waals surface area contributed by atoms with Crippen molar-refractivity contribution in [1.82, 2.24) is 15.6 Å². The second-order valence-electron chi connectivity index (χ2n) is 5.14. The molecule has 1 fully saturated rings. The minimum absolute atomic E-state index is 0.0324. The Morgan fingerprint density at radius 1 is 1.50 bits per heavy atom. The molecule has 0 saturated carbocycles. The third kappa shape index (κ3) is 4.47. The van der Waals surface area contributed by atoms with Crippen molar-refractivity contribution in [1.29, 1.82) is 0 Å². The molecule has 2 unspecified atom stereocenters. The van der Waals surface area contributed by atoms with E-state index in [0.29, 0.717) is 19.5 Å². The zero-order chi connectivity index (χ0) is 14.4. The molecule has 6 heteroatoms. The van der Waals surface area contributed by atoms with Crippen molar-refractivity contribution in [3.63, 3.8) is 0 Å². The van der Waals surface area contributed by atoms with Crippen molar-refractivity contribution >= 4 is 11.7 Å². The van der Waals surface area contributed by atoms with Crippen LogP contribution >= 0.6 is 0 Å². The summed E-state index contributed by atoms with van der Waals surface area (Å²) in [4.78, 5) is 16.0. The summed E-state index contributed by atoms with van der Waals surface area (Å²) in [5.41, 5.74) is 1.13. The van der Waals surface area contributed by atoms with E-state index < -0.39 is 6.10 Å². The quantitative estimate of drug-likeness (QED) is 0.552. The number of β-amino-alcohol motifs (C(OH)–C–C–N with tert-alkyl or cyclic N) is 1. The molecule has 0 bridgehead atoms. The molecule has 0 radical (unpaired) electrons. The third-order valence-corrected chi connectivity index (χ3v) is 3.29. The lowest BCUT2D eigenvalue weighted by molar-refractivity contribution is -0.122. The molecule has 1 aromatic heterocycles. The zero-order valence-electron chi connectivity index (χ0n) is 11.7. The van der Waals surface area contributed by atoms with E-state index in [0.717, 1.165) is 24.3 Å². The molecule has 0 aliphatic carbocycles. The Morgan fingerprint density at radius 3 is 3.00 bits per heavy atom. The summed E-state index contributed by atoms with van der Waals surface area (Å²) in [6.07, 6.45) is 2.75. The van der Waals surface area contributed by atoms with Gasteiger partial charge in [0, 0.05) is 25.8 Å². The lowest BCUT2D eigenvalue weighted by atomic mass is 10.2. The van der Waals surface area contributed by atoms with Crippen molar-refractivity contribution in [2.75, 3.05) is 25.0 Å². The van der Waals surface area contributed by atoms with Gasteiger partial charge in [-0.15, -0.1) is 0 Å². The second-order valence-corrected chi connectivity index (χ2v) is 5.14. The van der Waals surface area contributed by atoms with Crippen LogP contribution in [0.15, 0.2) is 18.3 Å². The van der Waals surface area contributed by atoms with E-state index >= 15 is 0 Å². The van der Waals surface area contributed by atoms with E-state index in [-0.39, 0.29) is 11.9 Å².